The van der Waals surface area contributed by atoms with Crippen molar-refractivity contribution in [3.05, 3.63) is 65.7 Å². The van der Waals surface area contributed by atoms with Crippen LogP contribution in [0.3, 0.4) is 0 Å². The number of aryl methyl sites for hydroxylation is 1. The molecule has 6 nitrogen and oxygen atoms in total. The maximum absolute atomic E-state index is 12.6. The summed E-state index contributed by atoms with van der Waals surface area (Å²) in [5.41, 5.74) is 0.461. The Morgan fingerprint density at radius 1 is 1.07 bits per heavy atom. The lowest BCUT2D eigenvalue weighted by Crippen LogP contribution is -2.41. The Morgan fingerprint density at radius 3 is 2.31 bits per heavy atom. The van der Waals surface area contributed by atoms with E-state index < -0.39 is 15.6 Å². The highest BCUT2D eigenvalue weighted by molar-refractivity contribution is 7.89. The van der Waals surface area contributed by atoms with Crippen LogP contribution in [0.2, 0.25) is 0 Å². The first-order valence-electron chi connectivity index (χ1n) is 9.93. The van der Waals surface area contributed by atoms with E-state index in [0.29, 0.717) is 31.5 Å². The number of hydrogen-bond donors (Lipinski definition) is 2. The van der Waals surface area contributed by atoms with Gasteiger partial charge < -0.3 is 10.4 Å². The summed E-state index contributed by atoms with van der Waals surface area (Å²) >= 11 is 0. The largest absolute Gasteiger partial charge is 0.388 e. The Kier molecular flexibility index (Phi) is 6.72. The van der Waals surface area contributed by atoms with Gasteiger partial charge in [0.1, 0.15) is 0 Å². The first-order valence-corrected chi connectivity index (χ1v) is 11.4. The van der Waals surface area contributed by atoms with Crippen LogP contribution in [0.15, 0.2) is 59.5 Å². The monoisotopic (exact) mass is 416 g/mol. The van der Waals surface area contributed by atoms with Gasteiger partial charge in [-0.05, 0) is 62.4 Å². The van der Waals surface area contributed by atoms with Crippen LogP contribution in [0.5, 0.6) is 0 Å². The molecule has 1 heterocycles. The standard InChI is InChI=1S/C22H28N2O4S/c1-22(26,14-13-18-7-3-2-4-8-18)17-23-21(25)19-9-11-20(12-10-19)29(27,28)24-15-5-6-16-24/h2-4,7-12,26H,5-6,13-17H2,1H3,(H,23,25). The second-order valence-electron chi connectivity index (χ2n) is 7.80. The smallest absolute Gasteiger partial charge is 0.251 e. The zero-order valence-corrected chi connectivity index (χ0v) is 17.5. The average molecular weight is 417 g/mol. The molecular weight excluding hydrogens is 388 g/mol. The van der Waals surface area contributed by atoms with Crippen molar-refractivity contribution in [1.29, 1.82) is 0 Å². The number of nitrogens with zero attached hydrogens (tertiary/aromatic N) is 1. The molecule has 7 heteroatoms. The molecule has 2 aromatic rings. The minimum absolute atomic E-state index is 0.118. The number of carbonyl (C=O) groups is 1. The van der Waals surface area contributed by atoms with E-state index in [-0.39, 0.29) is 17.3 Å². The van der Waals surface area contributed by atoms with E-state index in [0.717, 1.165) is 18.4 Å². The molecule has 0 aromatic heterocycles. The quantitative estimate of drug-likeness (QED) is 0.693. The SMILES string of the molecule is CC(O)(CCc1ccccc1)CNC(=O)c1ccc(S(=O)(=O)N2CCCC2)cc1. The molecular formula is C22H28N2O4S. The van der Waals surface area contributed by atoms with Gasteiger partial charge in [0.15, 0.2) is 0 Å². The molecule has 0 spiro atoms. The summed E-state index contributed by atoms with van der Waals surface area (Å²) in [5, 5.41) is 13.3. The summed E-state index contributed by atoms with van der Waals surface area (Å²) in [4.78, 5) is 12.6. The number of benzene rings is 2. The highest BCUT2D eigenvalue weighted by Gasteiger charge is 2.27. The van der Waals surface area contributed by atoms with Gasteiger partial charge in [-0.15, -0.1) is 0 Å². The van der Waals surface area contributed by atoms with Crippen molar-refractivity contribution in [1.82, 2.24) is 9.62 Å². The van der Waals surface area contributed by atoms with Gasteiger partial charge in [-0.1, -0.05) is 30.3 Å². The minimum atomic E-state index is -3.49. The molecule has 1 aliphatic rings. The number of nitrogens with one attached hydrogen (secondary N) is 1. The van der Waals surface area contributed by atoms with Gasteiger partial charge in [0.2, 0.25) is 10.0 Å². The number of hydrogen-bond acceptors (Lipinski definition) is 4. The van der Waals surface area contributed by atoms with Gasteiger partial charge in [0.25, 0.3) is 5.91 Å². The van der Waals surface area contributed by atoms with Crippen molar-refractivity contribution < 1.29 is 18.3 Å². The van der Waals surface area contributed by atoms with Gasteiger partial charge >= 0.3 is 0 Å². The molecule has 156 valence electrons. The van der Waals surface area contributed by atoms with E-state index in [1.165, 1.54) is 28.6 Å². The number of amides is 1. The number of aliphatic hydroxyl groups is 1. The third-order valence-corrected chi connectivity index (χ3v) is 7.16. The highest BCUT2D eigenvalue weighted by Crippen LogP contribution is 2.21. The molecule has 0 saturated carbocycles. The molecule has 1 amide bonds. The summed E-state index contributed by atoms with van der Waals surface area (Å²) in [7, 11) is -3.49. The topological polar surface area (TPSA) is 86.7 Å². The summed E-state index contributed by atoms with van der Waals surface area (Å²) in [6.45, 7) is 2.90. The maximum atomic E-state index is 12.6. The molecule has 1 saturated heterocycles. The van der Waals surface area contributed by atoms with Crippen molar-refractivity contribution in [2.24, 2.45) is 0 Å². The molecule has 2 N–H and O–H groups in total. The third-order valence-electron chi connectivity index (χ3n) is 5.24. The predicted octanol–water partition coefficient (Wildman–Crippen LogP) is 2.58. The van der Waals surface area contributed by atoms with Crippen LogP contribution >= 0.6 is 0 Å². The van der Waals surface area contributed by atoms with E-state index in [1.807, 2.05) is 30.3 Å². The van der Waals surface area contributed by atoms with Crippen LogP contribution in [0.1, 0.15) is 42.1 Å². The van der Waals surface area contributed by atoms with Gasteiger partial charge in [0, 0.05) is 25.2 Å². The highest BCUT2D eigenvalue weighted by atomic mass is 32.2. The lowest BCUT2D eigenvalue weighted by Gasteiger charge is -2.23. The van der Waals surface area contributed by atoms with Gasteiger partial charge in [-0.2, -0.15) is 4.31 Å². The van der Waals surface area contributed by atoms with Crippen molar-refractivity contribution in [3.8, 4) is 0 Å². The molecule has 0 bridgehead atoms. The summed E-state index contributed by atoms with van der Waals surface area (Å²) in [5.74, 6) is -0.338. The maximum Gasteiger partial charge on any atom is 0.251 e. The fourth-order valence-electron chi connectivity index (χ4n) is 3.38. The Bertz CT molecular complexity index is 919. The lowest BCUT2D eigenvalue weighted by molar-refractivity contribution is 0.0478. The molecule has 0 radical (unpaired) electrons. The zero-order chi connectivity index (χ0) is 20.9. The molecule has 3 rings (SSSR count). The molecule has 1 atom stereocenters. The number of rotatable bonds is 8. The molecule has 1 aliphatic heterocycles. The lowest BCUT2D eigenvalue weighted by atomic mass is 9.96. The summed E-state index contributed by atoms with van der Waals surface area (Å²) in [6.07, 6.45) is 2.99. The molecule has 29 heavy (non-hydrogen) atoms. The van der Waals surface area contributed by atoms with E-state index in [9.17, 15) is 18.3 Å². The van der Waals surface area contributed by atoms with Crippen molar-refractivity contribution in [3.63, 3.8) is 0 Å². The van der Waals surface area contributed by atoms with Crippen LogP contribution in [-0.2, 0) is 16.4 Å². The van der Waals surface area contributed by atoms with Crippen LogP contribution in [0.4, 0.5) is 0 Å². The van der Waals surface area contributed by atoms with Crippen molar-refractivity contribution in [2.45, 2.75) is 43.1 Å². The van der Waals surface area contributed by atoms with E-state index in [1.54, 1.807) is 6.92 Å². The Labute approximate surface area is 172 Å². The van der Waals surface area contributed by atoms with Gasteiger partial charge in [0.05, 0.1) is 10.5 Å². The van der Waals surface area contributed by atoms with Crippen LogP contribution < -0.4 is 5.32 Å². The Balaban J connectivity index is 1.55. The first kappa shape index (κ1) is 21.5. The fraction of sp³-hybridized carbons (Fsp3) is 0.409. The molecule has 0 aliphatic carbocycles. The number of sulfonamides is 1. The van der Waals surface area contributed by atoms with Crippen LogP contribution in [0, 0.1) is 0 Å². The van der Waals surface area contributed by atoms with Crippen LogP contribution in [0.25, 0.3) is 0 Å². The Morgan fingerprint density at radius 2 is 1.69 bits per heavy atom. The predicted molar refractivity (Wildman–Crippen MR) is 112 cm³/mol. The second kappa shape index (κ2) is 9.07. The third kappa shape index (κ3) is 5.65. The Hall–Kier alpha value is -2.22. The van der Waals surface area contributed by atoms with Crippen LogP contribution in [-0.4, -0.2) is 49.0 Å². The van der Waals surface area contributed by atoms with Crippen molar-refractivity contribution >= 4 is 15.9 Å². The molecule has 2 aromatic carbocycles. The second-order valence-corrected chi connectivity index (χ2v) is 9.74. The molecule has 1 unspecified atom stereocenters. The van der Waals surface area contributed by atoms with Gasteiger partial charge in [-0.3, -0.25) is 4.79 Å². The normalized spacial score (nSPS) is 17.0. The zero-order valence-electron chi connectivity index (χ0n) is 16.7. The minimum Gasteiger partial charge on any atom is -0.388 e. The van der Waals surface area contributed by atoms with E-state index in [4.69, 9.17) is 0 Å². The number of carbonyl (C=O) groups excluding carboxylic acids is 1. The summed E-state index contributed by atoms with van der Waals surface area (Å²) in [6, 6.07) is 15.8. The molecule has 1 fully saturated rings. The van der Waals surface area contributed by atoms with E-state index >= 15 is 0 Å². The first-order chi connectivity index (χ1) is 13.8. The summed E-state index contributed by atoms with van der Waals surface area (Å²) < 4.78 is 26.6. The fourth-order valence-corrected chi connectivity index (χ4v) is 4.89. The van der Waals surface area contributed by atoms with Crippen molar-refractivity contribution in [2.75, 3.05) is 19.6 Å². The van der Waals surface area contributed by atoms with Gasteiger partial charge in [-0.25, -0.2) is 8.42 Å². The average Bonchev–Trinajstić information content (AvgIpc) is 3.27. The van der Waals surface area contributed by atoms with E-state index in [2.05, 4.69) is 5.32 Å².